The number of hydrogen-bond acceptors (Lipinski definition) is 4. The molecular formula is C14H15F3O4. The molecule has 0 amide bonds. The van der Waals surface area contributed by atoms with Gasteiger partial charge in [-0.25, -0.2) is 13.2 Å². The quantitative estimate of drug-likeness (QED) is 0.574. The Hall–Kier alpha value is -2.05. The van der Waals surface area contributed by atoms with Crippen LogP contribution in [-0.2, 0) is 25.7 Å². The Balaban J connectivity index is 2.40. The molecule has 0 aromatic heterocycles. The molecule has 1 rings (SSSR count). The van der Waals surface area contributed by atoms with Crippen molar-refractivity contribution in [3.05, 3.63) is 35.1 Å². The van der Waals surface area contributed by atoms with E-state index >= 15 is 0 Å². The lowest BCUT2D eigenvalue weighted by Crippen LogP contribution is -2.11. The Morgan fingerprint density at radius 3 is 2.14 bits per heavy atom. The zero-order valence-electron chi connectivity index (χ0n) is 11.5. The molecule has 21 heavy (non-hydrogen) atoms. The molecule has 0 aliphatic heterocycles. The Bertz CT molecular complexity index is 517. The van der Waals surface area contributed by atoms with Crippen LogP contribution in [0.5, 0.6) is 0 Å². The van der Waals surface area contributed by atoms with Crippen molar-refractivity contribution in [1.82, 2.24) is 0 Å². The van der Waals surface area contributed by atoms with Crippen molar-refractivity contribution >= 4 is 11.9 Å². The zero-order chi connectivity index (χ0) is 15.8. The minimum Gasteiger partial charge on any atom is -0.466 e. The highest BCUT2D eigenvalue weighted by Crippen LogP contribution is 2.15. The molecule has 0 N–H and O–H groups in total. The van der Waals surface area contributed by atoms with Gasteiger partial charge in [0.25, 0.3) is 0 Å². The molecule has 0 atom stereocenters. The van der Waals surface area contributed by atoms with Crippen LogP contribution in [0.25, 0.3) is 0 Å². The maximum Gasteiger partial charge on any atom is 0.306 e. The minimum absolute atomic E-state index is 0.154. The lowest BCUT2D eigenvalue weighted by molar-refractivity contribution is -0.151. The number of halogens is 3. The lowest BCUT2D eigenvalue weighted by Gasteiger charge is -2.07. The van der Waals surface area contributed by atoms with E-state index in [1.54, 1.807) is 0 Å². The van der Waals surface area contributed by atoms with Gasteiger partial charge in [-0.3, -0.25) is 9.59 Å². The van der Waals surface area contributed by atoms with Crippen molar-refractivity contribution in [2.75, 3.05) is 6.61 Å². The van der Waals surface area contributed by atoms with Crippen LogP contribution in [0.15, 0.2) is 12.1 Å². The number of ether oxygens (including phenoxy) is 2. The summed E-state index contributed by atoms with van der Waals surface area (Å²) in [7, 11) is 0. The number of carbonyl (C=O) groups excluding carboxylic acids is 2. The molecule has 1 aromatic carbocycles. The summed E-state index contributed by atoms with van der Waals surface area (Å²) in [5.74, 6) is -4.85. The minimum atomic E-state index is -1.32. The SMILES string of the molecule is CCCOC(=O)CCC(=O)OCc1cc(F)c(F)cc1F. The highest BCUT2D eigenvalue weighted by Gasteiger charge is 2.13. The lowest BCUT2D eigenvalue weighted by atomic mass is 10.2. The molecule has 0 unspecified atom stereocenters. The van der Waals surface area contributed by atoms with E-state index in [4.69, 9.17) is 4.74 Å². The predicted octanol–water partition coefficient (Wildman–Crippen LogP) is 2.88. The molecule has 0 bridgehead atoms. The van der Waals surface area contributed by atoms with E-state index in [9.17, 15) is 22.8 Å². The summed E-state index contributed by atoms with van der Waals surface area (Å²) >= 11 is 0. The summed E-state index contributed by atoms with van der Waals surface area (Å²) in [6.07, 6.45) is 0.290. The molecule has 0 aliphatic rings. The van der Waals surface area contributed by atoms with Gasteiger partial charge in [0.05, 0.1) is 19.4 Å². The van der Waals surface area contributed by atoms with Gasteiger partial charge < -0.3 is 9.47 Å². The summed E-state index contributed by atoms with van der Waals surface area (Å²) in [4.78, 5) is 22.5. The van der Waals surface area contributed by atoms with Crippen LogP contribution in [0.4, 0.5) is 13.2 Å². The van der Waals surface area contributed by atoms with Gasteiger partial charge in [-0.15, -0.1) is 0 Å². The first-order chi connectivity index (χ1) is 9.93. The highest BCUT2D eigenvalue weighted by atomic mass is 19.2. The first-order valence-electron chi connectivity index (χ1n) is 6.38. The molecular weight excluding hydrogens is 289 g/mol. The third-order valence-electron chi connectivity index (χ3n) is 2.48. The van der Waals surface area contributed by atoms with Crippen molar-refractivity contribution in [3.8, 4) is 0 Å². The van der Waals surface area contributed by atoms with E-state index in [2.05, 4.69) is 4.74 Å². The molecule has 0 radical (unpaired) electrons. The fraction of sp³-hybridized carbons (Fsp3) is 0.429. The van der Waals surface area contributed by atoms with Gasteiger partial charge in [-0.2, -0.15) is 0 Å². The van der Waals surface area contributed by atoms with E-state index in [1.165, 1.54) is 0 Å². The van der Waals surface area contributed by atoms with E-state index < -0.39 is 36.0 Å². The van der Waals surface area contributed by atoms with Crippen molar-refractivity contribution in [1.29, 1.82) is 0 Å². The maximum atomic E-state index is 13.3. The molecule has 0 aliphatic carbocycles. The van der Waals surface area contributed by atoms with E-state index in [-0.39, 0.29) is 25.0 Å². The first kappa shape index (κ1) is 17.0. The maximum absolute atomic E-state index is 13.3. The van der Waals surface area contributed by atoms with Gasteiger partial charge >= 0.3 is 11.9 Å². The number of carbonyl (C=O) groups is 2. The number of hydrogen-bond donors (Lipinski definition) is 0. The summed E-state index contributed by atoms with van der Waals surface area (Å²) < 4.78 is 48.3. The van der Waals surface area contributed by atoms with Crippen LogP contribution in [0.2, 0.25) is 0 Å². The highest BCUT2D eigenvalue weighted by molar-refractivity contribution is 5.77. The van der Waals surface area contributed by atoms with Crippen molar-refractivity contribution in [2.45, 2.75) is 32.8 Å². The van der Waals surface area contributed by atoms with Gasteiger partial charge in [-0.1, -0.05) is 6.92 Å². The van der Waals surface area contributed by atoms with E-state index in [1.807, 2.05) is 6.92 Å². The number of rotatable bonds is 7. The van der Waals surface area contributed by atoms with Crippen LogP contribution in [0.3, 0.4) is 0 Å². The van der Waals surface area contributed by atoms with Crippen LogP contribution >= 0.6 is 0 Å². The summed E-state index contributed by atoms with van der Waals surface area (Å²) in [5, 5.41) is 0. The normalized spacial score (nSPS) is 10.3. The fourth-order valence-corrected chi connectivity index (χ4v) is 1.40. The standard InChI is InChI=1S/C14H15F3O4/c1-2-5-20-13(18)3-4-14(19)21-8-9-6-11(16)12(17)7-10(9)15/h6-7H,2-5,8H2,1H3. The van der Waals surface area contributed by atoms with E-state index in [0.717, 1.165) is 0 Å². The Morgan fingerprint density at radius 1 is 0.952 bits per heavy atom. The van der Waals surface area contributed by atoms with Gasteiger partial charge in [0, 0.05) is 11.6 Å². The number of benzene rings is 1. The summed E-state index contributed by atoms with van der Waals surface area (Å²) in [6, 6.07) is 0.994. The smallest absolute Gasteiger partial charge is 0.306 e. The van der Waals surface area contributed by atoms with E-state index in [0.29, 0.717) is 18.6 Å². The summed E-state index contributed by atoms with van der Waals surface area (Å²) in [5.41, 5.74) is -0.282. The predicted molar refractivity (Wildman–Crippen MR) is 66.6 cm³/mol. The zero-order valence-corrected chi connectivity index (χ0v) is 11.5. The molecule has 0 saturated heterocycles. The molecule has 0 fully saturated rings. The second-order valence-electron chi connectivity index (χ2n) is 4.24. The summed E-state index contributed by atoms with van der Waals surface area (Å²) in [6.45, 7) is 1.57. The second kappa shape index (κ2) is 8.28. The molecule has 1 aromatic rings. The fourth-order valence-electron chi connectivity index (χ4n) is 1.40. The first-order valence-corrected chi connectivity index (χ1v) is 6.38. The molecule has 4 nitrogen and oxygen atoms in total. The average molecular weight is 304 g/mol. The average Bonchev–Trinajstić information content (AvgIpc) is 2.45. The molecule has 0 spiro atoms. The third-order valence-corrected chi connectivity index (χ3v) is 2.48. The van der Waals surface area contributed by atoms with Gasteiger partial charge in [0.2, 0.25) is 0 Å². The monoisotopic (exact) mass is 304 g/mol. The topological polar surface area (TPSA) is 52.6 Å². The Morgan fingerprint density at radius 2 is 1.52 bits per heavy atom. The molecule has 0 saturated carbocycles. The Kier molecular flexibility index (Phi) is 6.71. The van der Waals surface area contributed by atoms with Crippen molar-refractivity contribution in [2.24, 2.45) is 0 Å². The molecule has 116 valence electrons. The molecule has 7 heteroatoms. The van der Waals surface area contributed by atoms with Crippen LogP contribution in [0, 0.1) is 17.5 Å². The van der Waals surface area contributed by atoms with Crippen LogP contribution in [-0.4, -0.2) is 18.5 Å². The van der Waals surface area contributed by atoms with Gasteiger partial charge in [-0.05, 0) is 12.5 Å². The van der Waals surface area contributed by atoms with Crippen LogP contribution < -0.4 is 0 Å². The van der Waals surface area contributed by atoms with Crippen molar-refractivity contribution < 1.29 is 32.2 Å². The molecule has 0 heterocycles. The van der Waals surface area contributed by atoms with Gasteiger partial charge in [0.1, 0.15) is 12.4 Å². The Labute approximate surface area is 119 Å². The van der Waals surface area contributed by atoms with Crippen molar-refractivity contribution in [3.63, 3.8) is 0 Å². The second-order valence-corrected chi connectivity index (χ2v) is 4.24. The third kappa shape index (κ3) is 5.85. The largest absolute Gasteiger partial charge is 0.466 e. The number of esters is 2. The van der Waals surface area contributed by atoms with Crippen LogP contribution in [0.1, 0.15) is 31.7 Å². The van der Waals surface area contributed by atoms with Gasteiger partial charge in [0.15, 0.2) is 11.6 Å².